The van der Waals surface area contributed by atoms with Gasteiger partial charge in [0.15, 0.2) is 11.5 Å². The number of imidazole rings is 1. The fraction of sp³-hybridized carbons (Fsp3) is 0.467. The molecule has 0 spiro atoms. The lowest BCUT2D eigenvalue weighted by molar-refractivity contribution is 0.311. The molecular weight excluding hydrogens is 296 g/mol. The number of fused-ring (bicyclic) bond motifs is 3. The first-order valence-corrected chi connectivity index (χ1v) is 7.59. The molecule has 0 bridgehead atoms. The van der Waals surface area contributed by atoms with Crippen molar-refractivity contribution in [3.05, 3.63) is 27.7 Å². The Morgan fingerprint density at radius 3 is 2.57 bits per heavy atom. The molecule has 0 saturated heterocycles. The van der Waals surface area contributed by atoms with Crippen LogP contribution in [0.3, 0.4) is 0 Å². The minimum absolute atomic E-state index is 0.0227. The van der Waals surface area contributed by atoms with Crippen LogP contribution >= 0.6 is 0 Å². The van der Waals surface area contributed by atoms with E-state index in [4.69, 9.17) is 5.11 Å². The Bertz CT molecular complexity index is 956. The van der Waals surface area contributed by atoms with E-state index in [9.17, 15) is 4.79 Å². The molecule has 0 atom stereocenters. The molecule has 3 rings (SSSR count). The van der Waals surface area contributed by atoms with Gasteiger partial charge in [0.25, 0.3) is 5.56 Å². The summed E-state index contributed by atoms with van der Waals surface area (Å²) in [6.45, 7) is 5.96. The number of aliphatic hydroxyl groups excluding tert-OH is 1. The molecule has 0 saturated carbocycles. The van der Waals surface area contributed by atoms with E-state index in [0.29, 0.717) is 47.0 Å². The standard InChI is InChI=1S/C15H20N6O2/c1-5-10-17-8(2)11-15(23)20(4)12-13(16-6-7-22)18-9(3)19-14(12)21(10)11/h22H,5-7H2,1-4H3,(H,16,18,19). The first-order chi connectivity index (χ1) is 11.0. The summed E-state index contributed by atoms with van der Waals surface area (Å²) >= 11 is 0. The van der Waals surface area contributed by atoms with Crippen LogP contribution in [0.25, 0.3) is 16.7 Å². The molecule has 3 aromatic rings. The predicted octanol–water partition coefficient (Wildman–Crippen LogP) is 0.560. The number of nitrogens with one attached hydrogen (secondary N) is 1. The molecule has 0 aromatic carbocycles. The third-order valence-electron chi connectivity index (χ3n) is 3.87. The van der Waals surface area contributed by atoms with Crippen molar-refractivity contribution in [3.63, 3.8) is 0 Å². The van der Waals surface area contributed by atoms with E-state index in [1.807, 2.05) is 18.2 Å². The third-order valence-corrected chi connectivity index (χ3v) is 3.87. The van der Waals surface area contributed by atoms with Crippen molar-refractivity contribution < 1.29 is 5.11 Å². The Morgan fingerprint density at radius 1 is 1.17 bits per heavy atom. The summed E-state index contributed by atoms with van der Waals surface area (Å²) in [6, 6.07) is 0. The fourth-order valence-electron chi connectivity index (χ4n) is 2.88. The smallest absolute Gasteiger partial charge is 0.277 e. The lowest BCUT2D eigenvalue weighted by Gasteiger charge is -2.14. The van der Waals surface area contributed by atoms with Gasteiger partial charge in [-0.3, -0.25) is 9.20 Å². The van der Waals surface area contributed by atoms with E-state index in [-0.39, 0.29) is 12.2 Å². The maximum Gasteiger partial charge on any atom is 0.277 e. The minimum atomic E-state index is -0.137. The maximum atomic E-state index is 12.8. The molecule has 0 aliphatic heterocycles. The van der Waals surface area contributed by atoms with E-state index in [1.165, 1.54) is 4.57 Å². The zero-order chi connectivity index (χ0) is 16.7. The number of anilines is 1. The zero-order valence-electron chi connectivity index (χ0n) is 13.7. The molecule has 122 valence electrons. The molecule has 3 aromatic heterocycles. The normalized spacial score (nSPS) is 11.5. The highest BCUT2D eigenvalue weighted by Gasteiger charge is 2.19. The second kappa shape index (κ2) is 5.62. The summed E-state index contributed by atoms with van der Waals surface area (Å²) in [5.41, 5.74) is 2.36. The quantitative estimate of drug-likeness (QED) is 0.730. The summed E-state index contributed by atoms with van der Waals surface area (Å²) in [6.07, 6.45) is 0.694. The molecule has 0 aliphatic rings. The highest BCUT2D eigenvalue weighted by molar-refractivity contribution is 5.86. The van der Waals surface area contributed by atoms with Gasteiger partial charge in [0, 0.05) is 20.0 Å². The summed E-state index contributed by atoms with van der Waals surface area (Å²) < 4.78 is 3.36. The van der Waals surface area contributed by atoms with Gasteiger partial charge in [0.1, 0.15) is 22.7 Å². The van der Waals surface area contributed by atoms with Gasteiger partial charge >= 0.3 is 0 Å². The van der Waals surface area contributed by atoms with E-state index in [2.05, 4.69) is 20.3 Å². The van der Waals surface area contributed by atoms with Gasteiger partial charge in [-0.15, -0.1) is 0 Å². The van der Waals surface area contributed by atoms with E-state index < -0.39 is 0 Å². The summed E-state index contributed by atoms with van der Waals surface area (Å²) in [5.74, 6) is 1.93. The van der Waals surface area contributed by atoms with Crippen LogP contribution in [0.4, 0.5) is 5.82 Å². The average Bonchev–Trinajstić information content (AvgIpc) is 2.86. The van der Waals surface area contributed by atoms with E-state index >= 15 is 0 Å². The minimum Gasteiger partial charge on any atom is -0.395 e. The first-order valence-electron chi connectivity index (χ1n) is 7.59. The molecular formula is C15H20N6O2. The average molecular weight is 316 g/mol. The topological polar surface area (TPSA) is 97.3 Å². The number of rotatable bonds is 4. The van der Waals surface area contributed by atoms with E-state index in [1.54, 1.807) is 14.0 Å². The maximum absolute atomic E-state index is 12.8. The molecule has 0 amide bonds. The van der Waals surface area contributed by atoms with Crippen LogP contribution < -0.4 is 10.9 Å². The van der Waals surface area contributed by atoms with Crippen molar-refractivity contribution >= 4 is 22.5 Å². The predicted molar refractivity (Wildman–Crippen MR) is 88.0 cm³/mol. The van der Waals surface area contributed by atoms with Gasteiger partial charge in [-0.1, -0.05) is 6.92 Å². The first kappa shape index (κ1) is 15.4. The van der Waals surface area contributed by atoms with Crippen LogP contribution in [0.1, 0.15) is 24.3 Å². The number of hydrogen-bond acceptors (Lipinski definition) is 6. The van der Waals surface area contributed by atoms with Gasteiger partial charge in [-0.25, -0.2) is 15.0 Å². The number of aryl methyl sites for hydroxylation is 4. The van der Waals surface area contributed by atoms with Gasteiger partial charge in [0.2, 0.25) is 0 Å². The molecule has 23 heavy (non-hydrogen) atoms. The lowest BCUT2D eigenvalue weighted by atomic mass is 10.3. The van der Waals surface area contributed by atoms with Gasteiger partial charge in [-0.05, 0) is 13.8 Å². The number of aromatic nitrogens is 5. The van der Waals surface area contributed by atoms with Crippen molar-refractivity contribution in [2.45, 2.75) is 27.2 Å². The SMILES string of the molecule is CCc1nc(C)c2c(=O)n(C)c3c(NCCO)nc(C)nc3n12. The highest BCUT2D eigenvalue weighted by Crippen LogP contribution is 2.22. The molecule has 0 radical (unpaired) electrons. The molecule has 2 N–H and O–H groups in total. The molecule has 0 unspecified atom stereocenters. The van der Waals surface area contributed by atoms with Crippen molar-refractivity contribution in [3.8, 4) is 0 Å². The van der Waals surface area contributed by atoms with Crippen LogP contribution in [0.15, 0.2) is 4.79 Å². The molecule has 0 fully saturated rings. The van der Waals surface area contributed by atoms with Crippen molar-refractivity contribution in [1.82, 2.24) is 23.9 Å². The fourth-order valence-corrected chi connectivity index (χ4v) is 2.88. The zero-order valence-corrected chi connectivity index (χ0v) is 13.7. The number of aliphatic hydroxyl groups is 1. The summed E-state index contributed by atoms with van der Waals surface area (Å²) in [4.78, 5) is 26.2. The van der Waals surface area contributed by atoms with Gasteiger partial charge in [0.05, 0.1) is 12.3 Å². The third kappa shape index (κ3) is 2.26. The van der Waals surface area contributed by atoms with Gasteiger partial charge < -0.3 is 15.0 Å². The molecule has 0 aliphatic carbocycles. The largest absolute Gasteiger partial charge is 0.395 e. The molecule has 3 heterocycles. The Kier molecular flexibility index (Phi) is 3.77. The monoisotopic (exact) mass is 316 g/mol. The van der Waals surface area contributed by atoms with Crippen LogP contribution in [0.5, 0.6) is 0 Å². The Morgan fingerprint density at radius 2 is 1.91 bits per heavy atom. The lowest BCUT2D eigenvalue weighted by Crippen LogP contribution is -2.23. The van der Waals surface area contributed by atoms with Crippen molar-refractivity contribution in [2.24, 2.45) is 7.05 Å². The molecule has 8 nitrogen and oxygen atoms in total. The van der Waals surface area contributed by atoms with Crippen molar-refractivity contribution in [2.75, 3.05) is 18.5 Å². The highest BCUT2D eigenvalue weighted by atomic mass is 16.3. The molecule has 8 heteroatoms. The summed E-state index contributed by atoms with van der Waals surface area (Å²) in [5, 5.41) is 12.1. The second-order valence-corrected chi connectivity index (χ2v) is 5.46. The van der Waals surface area contributed by atoms with Crippen LogP contribution in [0, 0.1) is 13.8 Å². The Hall–Kier alpha value is -2.48. The number of nitrogens with zero attached hydrogens (tertiary/aromatic N) is 5. The van der Waals surface area contributed by atoms with Crippen LogP contribution in [0.2, 0.25) is 0 Å². The van der Waals surface area contributed by atoms with Crippen LogP contribution in [-0.2, 0) is 13.5 Å². The van der Waals surface area contributed by atoms with E-state index in [0.717, 1.165) is 5.82 Å². The van der Waals surface area contributed by atoms with Crippen LogP contribution in [-0.4, -0.2) is 42.2 Å². The summed E-state index contributed by atoms with van der Waals surface area (Å²) in [7, 11) is 1.70. The Labute approximate surface area is 132 Å². The second-order valence-electron chi connectivity index (χ2n) is 5.46. The van der Waals surface area contributed by atoms with Crippen molar-refractivity contribution in [1.29, 1.82) is 0 Å². The number of hydrogen-bond donors (Lipinski definition) is 2. The Balaban J connectivity index is 2.54. The van der Waals surface area contributed by atoms with Gasteiger partial charge in [-0.2, -0.15) is 0 Å².